The molecule has 1 unspecified atom stereocenters. The molecule has 0 aromatic rings. The van der Waals surface area contributed by atoms with Crippen LogP contribution < -0.4 is 5.32 Å². The highest BCUT2D eigenvalue weighted by molar-refractivity contribution is 5.05. The van der Waals surface area contributed by atoms with Gasteiger partial charge < -0.3 is 5.32 Å². The van der Waals surface area contributed by atoms with E-state index in [0.29, 0.717) is 0 Å². The van der Waals surface area contributed by atoms with Gasteiger partial charge >= 0.3 is 0 Å². The summed E-state index contributed by atoms with van der Waals surface area (Å²) >= 11 is 0. The Labute approximate surface area is 76.9 Å². The van der Waals surface area contributed by atoms with E-state index in [9.17, 15) is 0 Å². The van der Waals surface area contributed by atoms with Crippen LogP contribution in [0.5, 0.6) is 0 Å². The van der Waals surface area contributed by atoms with Crippen LogP contribution in [-0.2, 0) is 0 Å². The second-order valence-electron chi connectivity index (χ2n) is 3.90. The predicted molar refractivity (Wildman–Crippen MR) is 55.0 cm³/mol. The fourth-order valence-electron chi connectivity index (χ4n) is 1.05. The molecule has 0 aromatic carbocycles. The largest absolute Gasteiger partial charge is 0.303 e. The molecule has 1 heteroatoms. The number of nitrogens with one attached hydrogen (secondary N) is 1. The Bertz CT molecular complexity index is 153. The molecule has 0 aliphatic carbocycles. The maximum Gasteiger partial charge on any atom is 0.0738 e. The fraction of sp³-hybridized carbons (Fsp3) is 0.818. The second-order valence-corrected chi connectivity index (χ2v) is 3.90. The van der Waals surface area contributed by atoms with Crippen LogP contribution in [0.2, 0.25) is 0 Å². The highest BCUT2D eigenvalue weighted by atomic mass is 14.9. The lowest BCUT2D eigenvalue weighted by Gasteiger charge is -2.30. The van der Waals surface area contributed by atoms with Gasteiger partial charge in [-0.2, -0.15) is 0 Å². The molecule has 0 aromatic heterocycles. The summed E-state index contributed by atoms with van der Waals surface area (Å²) in [6.45, 7) is 9.76. The van der Waals surface area contributed by atoms with Crippen molar-refractivity contribution in [2.75, 3.05) is 6.54 Å². The normalized spacial score (nSPS) is 13.9. The first-order valence-corrected chi connectivity index (χ1v) is 4.78. The van der Waals surface area contributed by atoms with Gasteiger partial charge in [0.2, 0.25) is 0 Å². The molecule has 0 amide bonds. The Morgan fingerprint density at radius 1 is 1.42 bits per heavy atom. The topological polar surface area (TPSA) is 12.0 Å². The molecule has 1 N–H and O–H groups in total. The Hall–Kier alpha value is -0.480. The average molecular weight is 167 g/mol. The molecule has 0 saturated heterocycles. The van der Waals surface area contributed by atoms with Crippen molar-refractivity contribution >= 4 is 0 Å². The van der Waals surface area contributed by atoms with Crippen molar-refractivity contribution in [2.24, 2.45) is 5.41 Å². The molecule has 70 valence electrons. The molecule has 0 aliphatic heterocycles. The third-order valence-electron chi connectivity index (χ3n) is 2.46. The summed E-state index contributed by atoms with van der Waals surface area (Å²) < 4.78 is 0. The maximum atomic E-state index is 5.46. The van der Waals surface area contributed by atoms with Gasteiger partial charge in [0.05, 0.1) is 6.04 Å². The second kappa shape index (κ2) is 5.22. The van der Waals surface area contributed by atoms with Crippen molar-refractivity contribution in [2.45, 2.75) is 46.6 Å². The van der Waals surface area contributed by atoms with E-state index in [4.69, 9.17) is 6.42 Å². The number of hydrogen-bond acceptors (Lipinski definition) is 1. The summed E-state index contributed by atoms with van der Waals surface area (Å²) in [6, 6.07) is 0.211. The number of terminal acetylenes is 1. The molecule has 1 atom stereocenters. The summed E-state index contributed by atoms with van der Waals surface area (Å²) in [6.07, 6.45) is 7.71. The zero-order chi connectivity index (χ0) is 9.61. The third-order valence-corrected chi connectivity index (χ3v) is 2.46. The minimum atomic E-state index is 0.211. The van der Waals surface area contributed by atoms with E-state index in [1.54, 1.807) is 0 Å². The van der Waals surface area contributed by atoms with Crippen LogP contribution in [0, 0.1) is 17.8 Å². The molecule has 0 rings (SSSR count). The minimum absolute atomic E-state index is 0.211. The third kappa shape index (κ3) is 3.28. The van der Waals surface area contributed by atoms with Crippen molar-refractivity contribution in [3.05, 3.63) is 0 Å². The van der Waals surface area contributed by atoms with Crippen LogP contribution in [0.25, 0.3) is 0 Å². The smallest absolute Gasteiger partial charge is 0.0738 e. The summed E-state index contributed by atoms with van der Waals surface area (Å²) in [5.41, 5.74) is 0.212. The molecule has 0 spiro atoms. The van der Waals surface area contributed by atoms with E-state index in [1.165, 1.54) is 0 Å². The molecule has 12 heavy (non-hydrogen) atoms. The van der Waals surface area contributed by atoms with Crippen LogP contribution >= 0.6 is 0 Å². The van der Waals surface area contributed by atoms with Crippen LogP contribution in [0.4, 0.5) is 0 Å². The fourth-order valence-corrected chi connectivity index (χ4v) is 1.05. The molecule has 0 bridgehead atoms. The summed E-state index contributed by atoms with van der Waals surface area (Å²) in [5.74, 6) is 2.82. The Kier molecular flexibility index (Phi) is 5.01. The van der Waals surface area contributed by atoms with Crippen molar-refractivity contribution < 1.29 is 0 Å². The van der Waals surface area contributed by atoms with Crippen LogP contribution in [0.1, 0.15) is 40.5 Å². The van der Waals surface area contributed by atoms with Gasteiger partial charge in [-0.15, -0.1) is 6.42 Å². The van der Waals surface area contributed by atoms with E-state index in [0.717, 1.165) is 19.4 Å². The molecular formula is C11H21N. The van der Waals surface area contributed by atoms with Gasteiger partial charge in [-0.05, 0) is 24.8 Å². The van der Waals surface area contributed by atoms with Crippen LogP contribution in [0.15, 0.2) is 0 Å². The van der Waals surface area contributed by atoms with Gasteiger partial charge in [0.15, 0.2) is 0 Å². The van der Waals surface area contributed by atoms with Crippen molar-refractivity contribution in [1.29, 1.82) is 0 Å². The van der Waals surface area contributed by atoms with Gasteiger partial charge in [0.25, 0.3) is 0 Å². The summed E-state index contributed by atoms with van der Waals surface area (Å²) in [5, 5.41) is 3.37. The lowest BCUT2D eigenvalue weighted by molar-refractivity contribution is 0.279. The zero-order valence-corrected chi connectivity index (χ0v) is 8.78. The molecular weight excluding hydrogens is 146 g/mol. The van der Waals surface area contributed by atoms with Gasteiger partial charge in [0.1, 0.15) is 0 Å². The van der Waals surface area contributed by atoms with E-state index >= 15 is 0 Å². The zero-order valence-electron chi connectivity index (χ0n) is 8.78. The van der Waals surface area contributed by atoms with Crippen LogP contribution in [0.3, 0.4) is 0 Å². The quantitative estimate of drug-likeness (QED) is 0.620. The lowest BCUT2D eigenvalue weighted by Crippen LogP contribution is -2.40. The first-order chi connectivity index (χ1) is 5.58. The van der Waals surface area contributed by atoms with Crippen molar-refractivity contribution in [3.63, 3.8) is 0 Å². The van der Waals surface area contributed by atoms with E-state index < -0.39 is 0 Å². The Balaban J connectivity index is 4.07. The van der Waals surface area contributed by atoms with Gasteiger partial charge in [-0.3, -0.25) is 0 Å². The SMILES string of the molecule is C#CC(NCCC)C(C)(C)CC. The number of hydrogen-bond donors (Lipinski definition) is 1. The monoisotopic (exact) mass is 167 g/mol. The van der Waals surface area contributed by atoms with E-state index in [1.807, 2.05) is 0 Å². The maximum absolute atomic E-state index is 5.46. The molecule has 0 heterocycles. The lowest BCUT2D eigenvalue weighted by atomic mass is 9.82. The average Bonchev–Trinajstić information content (AvgIpc) is 2.05. The summed E-state index contributed by atoms with van der Waals surface area (Å²) in [4.78, 5) is 0. The highest BCUT2D eigenvalue weighted by Gasteiger charge is 2.24. The molecule has 0 saturated carbocycles. The molecule has 0 aliphatic rings. The predicted octanol–water partition coefficient (Wildman–Crippen LogP) is 2.42. The molecule has 0 radical (unpaired) electrons. The van der Waals surface area contributed by atoms with Gasteiger partial charge in [-0.25, -0.2) is 0 Å². The van der Waals surface area contributed by atoms with Crippen LogP contribution in [-0.4, -0.2) is 12.6 Å². The van der Waals surface area contributed by atoms with E-state index in [-0.39, 0.29) is 11.5 Å². The standard InChI is InChI=1S/C11H21N/c1-6-9-12-10(7-2)11(4,5)8-3/h2,10,12H,6,8-9H2,1,3-5H3. The molecule has 0 fully saturated rings. The first kappa shape index (κ1) is 11.5. The van der Waals surface area contributed by atoms with E-state index in [2.05, 4.69) is 38.9 Å². The summed E-state index contributed by atoms with van der Waals surface area (Å²) in [7, 11) is 0. The first-order valence-electron chi connectivity index (χ1n) is 4.78. The molecule has 1 nitrogen and oxygen atoms in total. The van der Waals surface area contributed by atoms with Gasteiger partial charge in [-0.1, -0.05) is 33.6 Å². The van der Waals surface area contributed by atoms with Gasteiger partial charge in [0, 0.05) is 0 Å². The number of rotatable bonds is 5. The van der Waals surface area contributed by atoms with Crippen molar-refractivity contribution in [3.8, 4) is 12.3 Å². The Morgan fingerprint density at radius 2 is 2.00 bits per heavy atom. The Morgan fingerprint density at radius 3 is 2.33 bits per heavy atom. The minimum Gasteiger partial charge on any atom is -0.303 e. The highest BCUT2D eigenvalue weighted by Crippen LogP contribution is 2.24. The van der Waals surface area contributed by atoms with Crippen molar-refractivity contribution in [1.82, 2.24) is 5.32 Å².